The molecule has 3 nitrogen and oxygen atoms in total. The molecular weight excluding hydrogens is 208 g/mol. The number of hydrogen-bond acceptors (Lipinski definition) is 4. The molecule has 1 aromatic rings. The normalized spacial score (nSPS) is 12.7. The van der Waals surface area contributed by atoms with Crippen molar-refractivity contribution in [1.29, 1.82) is 0 Å². The van der Waals surface area contributed by atoms with Gasteiger partial charge in [0.25, 0.3) is 0 Å². The molecule has 2 N–H and O–H groups in total. The SMILES string of the molecule is CCCCC(N)C(=O)Cc1csc(C)n1. The molecule has 0 fully saturated rings. The van der Waals surface area contributed by atoms with Crippen LogP contribution in [0.15, 0.2) is 5.38 Å². The Morgan fingerprint density at radius 3 is 2.93 bits per heavy atom. The van der Waals surface area contributed by atoms with Gasteiger partial charge in [0.15, 0.2) is 5.78 Å². The van der Waals surface area contributed by atoms with E-state index >= 15 is 0 Å². The smallest absolute Gasteiger partial charge is 0.155 e. The zero-order chi connectivity index (χ0) is 11.3. The number of hydrogen-bond donors (Lipinski definition) is 1. The molecule has 0 saturated carbocycles. The standard InChI is InChI=1S/C11H18N2OS/c1-3-4-5-10(12)11(14)6-9-7-15-8(2)13-9/h7,10H,3-6,12H2,1-2H3. The number of nitrogens with two attached hydrogens (primary N) is 1. The fraction of sp³-hybridized carbons (Fsp3) is 0.636. The molecule has 0 aromatic carbocycles. The first kappa shape index (κ1) is 12.3. The van der Waals surface area contributed by atoms with Crippen molar-refractivity contribution in [3.8, 4) is 0 Å². The maximum atomic E-state index is 11.7. The summed E-state index contributed by atoms with van der Waals surface area (Å²) in [6, 6.07) is -0.313. The second-order valence-corrected chi connectivity index (χ2v) is 4.81. The number of aryl methyl sites for hydroxylation is 1. The maximum Gasteiger partial charge on any atom is 0.155 e. The van der Waals surface area contributed by atoms with Crippen LogP contribution in [0.1, 0.15) is 36.9 Å². The number of ketones is 1. The Morgan fingerprint density at radius 2 is 2.40 bits per heavy atom. The van der Waals surface area contributed by atoms with Gasteiger partial charge < -0.3 is 5.73 Å². The van der Waals surface area contributed by atoms with Gasteiger partial charge in [0, 0.05) is 5.38 Å². The van der Waals surface area contributed by atoms with Gasteiger partial charge in [0.05, 0.1) is 23.2 Å². The summed E-state index contributed by atoms with van der Waals surface area (Å²) >= 11 is 1.57. The van der Waals surface area contributed by atoms with Gasteiger partial charge in [-0.25, -0.2) is 4.98 Å². The van der Waals surface area contributed by atoms with E-state index in [-0.39, 0.29) is 11.8 Å². The highest BCUT2D eigenvalue weighted by Crippen LogP contribution is 2.10. The Labute approximate surface area is 94.7 Å². The molecule has 1 atom stereocenters. The summed E-state index contributed by atoms with van der Waals surface area (Å²) in [5, 5.41) is 2.93. The summed E-state index contributed by atoms with van der Waals surface area (Å²) in [4.78, 5) is 15.9. The predicted octanol–water partition coefficient (Wildman–Crippen LogP) is 2.08. The van der Waals surface area contributed by atoms with Gasteiger partial charge in [-0.15, -0.1) is 11.3 Å². The van der Waals surface area contributed by atoms with Gasteiger partial charge in [-0.05, 0) is 13.3 Å². The van der Waals surface area contributed by atoms with E-state index in [1.54, 1.807) is 11.3 Å². The first-order valence-electron chi connectivity index (χ1n) is 5.32. The predicted molar refractivity (Wildman–Crippen MR) is 63.1 cm³/mol. The van der Waals surface area contributed by atoms with Gasteiger partial charge in [-0.1, -0.05) is 19.8 Å². The van der Waals surface area contributed by atoms with E-state index in [1.807, 2.05) is 12.3 Å². The lowest BCUT2D eigenvalue weighted by molar-refractivity contribution is -0.119. The van der Waals surface area contributed by atoms with E-state index in [9.17, 15) is 4.79 Å². The summed E-state index contributed by atoms with van der Waals surface area (Å²) < 4.78 is 0. The Bertz CT molecular complexity index is 322. The van der Waals surface area contributed by atoms with Gasteiger partial charge in [-0.3, -0.25) is 4.79 Å². The molecule has 0 amide bonds. The highest BCUT2D eigenvalue weighted by atomic mass is 32.1. The van der Waals surface area contributed by atoms with E-state index in [0.29, 0.717) is 6.42 Å². The fourth-order valence-electron chi connectivity index (χ4n) is 1.38. The molecule has 4 heteroatoms. The van der Waals surface area contributed by atoms with E-state index in [2.05, 4.69) is 11.9 Å². The van der Waals surface area contributed by atoms with Crippen LogP contribution in [0.3, 0.4) is 0 Å². The van der Waals surface area contributed by atoms with Gasteiger partial charge in [-0.2, -0.15) is 0 Å². The maximum absolute atomic E-state index is 11.7. The van der Waals surface area contributed by atoms with Crippen LogP contribution in [0, 0.1) is 6.92 Å². The van der Waals surface area contributed by atoms with Crippen LogP contribution >= 0.6 is 11.3 Å². The number of Topliss-reactive ketones (excluding diaryl/α,β-unsaturated/α-hetero) is 1. The van der Waals surface area contributed by atoms with Gasteiger partial charge >= 0.3 is 0 Å². The third-order valence-electron chi connectivity index (χ3n) is 2.30. The molecule has 0 radical (unpaired) electrons. The highest BCUT2D eigenvalue weighted by Gasteiger charge is 2.14. The van der Waals surface area contributed by atoms with Crippen LogP contribution < -0.4 is 5.73 Å². The van der Waals surface area contributed by atoms with Crippen molar-refractivity contribution in [2.24, 2.45) is 5.73 Å². The summed E-state index contributed by atoms with van der Waals surface area (Å²) in [5.41, 5.74) is 6.64. The average molecular weight is 226 g/mol. The van der Waals surface area contributed by atoms with Crippen molar-refractivity contribution >= 4 is 17.1 Å². The number of rotatable bonds is 6. The minimum atomic E-state index is -0.313. The number of thiazole rings is 1. The van der Waals surface area contributed by atoms with Crippen LogP contribution in [0.4, 0.5) is 0 Å². The van der Waals surface area contributed by atoms with Crippen molar-refractivity contribution < 1.29 is 4.79 Å². The monoisotopic (exact) mass is 226 g/mol. The largest absolute Gasteiger partial charge is 0.321 e. The lowest BCUT2D eigenvalue weighted by atomic mass is 10.0. The second-order valence-electron chi connectivity index (χ2n) is 3.75. The van der Waals surface area contributed by atoms with E-state index in [1.165, 1.54) is 0 Å². The van der Waals surface area contributed by atoms with E-state index in [0.717, 1.165) is 30.0 Å². The summed E-state index contributed by atoms with van der Waals surface area (Å²) in [7, 11) is 0. The third kappa shape index (κ3) is 4.10. The van der Waals surface area contributed by atoms with E-state index in [4.69, 9.17) is 5.73 Å². The molecule has 15 heavy (non-hydrogen) atoms. The topological polar surface area (TPSA) is 56.0 Å². The lowest BCUT2D eigenvalue weighted by Gasteiger charge is -2.08. The molecule has 1 aromatic heterocycles. The quantitative estimate of drug-likeness (QED) is 0.808. The summed E-state index contributed by atoms with van der Waals surface area (Å²) in [6.07, 6.45) is 3.27. The zero-order valence-corrected chi connectivity index (χ0v) is 10.1. The summed E-state index contributed by atoms with van der Waals surface area (Å²) in [5.74, 6) is 0.105. The van der Waals surface area contributed by atoms with Crippen LogP contribution in [0.2, 0.25) is 0 Å². The summed E-state index contributed by atoms with van der Waals surface area (Å²) in [6.45, 7) is 4.04. The molecule has 0 aliphatic carbocycles. The lowest BCUT2D eigenvalue weighted by Crippen LogP contribution is -2.31. The van der Waals surface area contributed by atoms with Crippen LogP contribution in [-0.2, 0) is 11.2 Å². The van der Waals surface area contributed by atoms with Crippen LogP contribution in [-0.4, -0.2) is 16.8 Å². The molecule has 1 heterocycles. The number of nitrogens with zero attached hydrogens (tertiary/aromatic N) is 1. The highest BCUT2D eigenvalue weighted by molar-refractivity contribution is 7.09. The Kier molecular flexibility index (Phi) is 4.91. The third-order valence-corrected chi connectivity index (χ3v) is 3.13. The number of aromatic nitrogens is 1. The van der Waals surface area contributed by atoms with Crippen LogP contribution in [0.5, 0.6) is 0 Å². The van der Waals surface area contributed by atoms with Crippen molar-refractivity contribution in [2.75, 3.05) is 0 Å². The minimum absolute atomic E-state index is 0.105. The molecule has 0 saturated heterocycles. The average Bonchev–Trinajstić information content (AvgIpc) is 2.60. The van der Waals surface area contributed by atoms with Crippen molar-refractivity contribution in [3.63, 3.8) is 0 Å². The Morgan fingerprint density at radius 1 is 1.67 bits per heavy atom. The Hall–Kier alpha value is -0.740. The number of carbonyl (C=O) groups excluding carboxylic acids is 1. The first-order chi connectivity index (χ1) is 7.13. The minimum Gasteiger partial charge on any atom is -0.321 e. The molecule has 1 rings (SSSR count). The van der Waals surface area contributed by atoms with Gasteiger partial charge in [0.1, 0.15) is 0 Å². The van der Waals surface area contributed by atoms with Crippen molar-refractivity contribution in [3.05, 3.63) is 16.1 Å². The second kappa shape index (κ2) is 5.98. The molecule has 0 spiro atoms. The molecule has 1 unspecified atom stereocenters. The van der Waals surface area contributed by atoms with Crippen molar-refractivity contribution in [1.82, 2.24) is 4.98 Å². The number of unbranched alkanes of at least 4 members (excludes halogenated alkanes) is 1. The number of carbonyl (C=O) groups is 1. The molecule has 0 aliphatic rings. The Balaban J connectivity index is 2.41. The molecule has 0 aliphatic heterocycles. The first-order valence-corrected chi connectivity index (χ1v) is 6.20. The molecule has 84 valence electrons. The molecule has 0 bridgehead atoms. The fourth-order valence-corrected chi connectivity index (χ4v) is 2.00. The van der Waals surface area contributed by atoms with Crippen molar-refractivity contribution in [2.45, 2.75) is 45.6 Å². The zero-order valence-electron chi connectivity index (χ0n) is 9.32. The molecular formula is C11H18N2OS. The van der Waals surface area contributed by atoms with Crippen LogP contribution in [0.25, 0.3) is 0 Å². The van der Waals surface area contributed by atoms with E-state index < -0.39 is 0 Å². The van der Waals surface area contributed by atoms with Gasteiger partial charge in [0.2, 0.25) is 0 Å².